The Labute approximate surface area is 142 Å². The van der Waals surface area contributed by atoms with Gasteiger partial charge in [0.15, 0.2) is 5.75 Å². The van der Waals surface area contributed by atoms with Gasteiger partial charge in [-0.05, 0) is 41.7 Å². The van der Waals surface area contributed by atoms with Gasteiger partial charge in [0.2, 0.25) is 0 Å². The summed E-state index contributed by atoms with van der Waals surface area (Å²) in [6, 6.07) is 10.8. The Bertz CT molecular complexity index is 835. The van der Waals surface area contributed by atoms with Crippen molar-refractivity contribution < 1.29 is 9.66 Å². The maximum atomic E-state index is 11.3. The number of allylic oxidation sites excluding steroid dienone is 1. The van der Waals surface area contributed by atoms with E-state index in [0.29, 0.717) is 16.3 Å². The van der Waals surface area contributed by atoms with Gasteiger partial charge in [0.25, 0.3) is 0 Å². The predicted molar refractivity (Wildman–Crippen MR) is 96.7 cm³/mol. The summed E-state index contributed by atoms with van der Waals surface area (Å²) < 4.78 is 5.99. The maximum absolute atomic E-state index is 11.3. The highest BCUT2D eigenvalue weighted by atomic mass is 32.2. The van der Waals surface area contributed by atoms with Gasteiger partial charge in [0, 0.05) is 0 Å². The van der Waals surface area contributed by atoms with Gasteiger partial charge in [0.05, 0.1) is 27.2 Å². The van der Waals surface area contributed by atoms with E-state index in [1.807, 2.05) is 12.5 Å². The van der Waals surface area contributed by atoms with Crippen LogP contribution in [0.2, 0.25) is 0 Å². The Balaban J connectivity index is 2.73. The van der Waals surface area contributed by atoms with Crippen LogP contribution in [0, 0.1) is 21.4 Å². The Morgan fingerprint density at radius 3 is 2.48 bits per heavy atom. The molecule has 0 saturated heterocycles. The molecule has 0 unspecified atom stereocenters. The first kappa shape index (κ1) is 17.2. The Morgan fingerprint density at radius 1 is 1.26 bits per heavy atom. The SMILES string of the molecule is COc1ccc2cc(C(C#N)=C(SC)SC)ccc2c1[N+](=O)[O-]. The molecule has 2 aromatic carbocycles. The van der Waals surface area contributed by atoms with Gasteiger partial charge in [-0.1, -0.05) is 12.1 Å². The van der Waals surface area contributed by atoms with Crippen LogP contribution in [-0.4, -0.2) is 24.5 Å². The number of nitro benzene ring substituents is 1. The van der Waals surface area contributed by atoms with E-state index in [9.17, 15) is 15.4 Å². The van der Waals surface area contributed by atoms with Crippen LogP contribution in [0.4, 0.5) is 5.69 Å². The number of ether oxygens (including phenoxy) is 1. The van der Waals surface area contributed by atoms with Crippen LogP contribution in [0.5, 0.6) is 5.75 Å². The number of hydrogen-bond acceptors (Lipinski definition) is 6. The summed E-state index contributed by atoms with van der Waals surface area (Å²) in [6.07, 6.45) is 3.83. The first-order valence-corrected chi connectivity index (χ1v) is 9.00. The average Bonchev–Trinajstić information content (AvgIpc) is 2.57. The van der Waals surface area contributed by atoms with Crippen LogP contribution >= 0.6 is 23.5 Å². The lowest BCUT2D eigenvalue weighted by atomic mass is 10.0. The molecule has 0 radical (unpaired) electrons. The molecule has 0 fully saturated rings. The minimum atomic E-state index is -0.447. The van der Waals surface area contributed by atoms with Gasteiger partial charge in [-0.3, -0.25) is 10.1 Å². The number of hydrogen-bond donors (Lipinski definition) is 0. The van der Waals surface area contributed by atoms with Gasteiger partial charge in [-0.25, -0.2) is 0 Å². The van der Waals surface area contributed by atoms with Crippen LogP contribution in [0.3, 0.4) is 0 Å². The minimum absolute atomic E-state index is 0.0611. The van der Waals surface area contributed by atoms with Crippen molar-refractivity contribution >= 4 is 45.6 Å². The quantitative estimate of drug-likeness (QED) is 0.445. The summed E-state index contributed by atoms with van der Waals surface area (Å²) >= 11 is 3.02. The third-order valence-electron chi connectivity index (χ3n) is 3.33. The molecule has 0 aliphatic rings. The van der Waals surface area contributed by atoms with E-state index < -0.39 is 4.92 Å². The van der Waals surface area contributed by atoms with Gasteiger partial charge in [-0.2, -0.15) is 5.26 Å². The third kappa shape index (κ3) is 3.28. The van der Waals surface area contributed by atoms with Crippen molar-refractivity contribution in [2.24, 2.45) is 0 Å². The van der Waals surface area contributed by atoms with Gasteiger partial charge in [0.1, 0.15) is 6.07 Å². The fourth-order valence-electron chi connectivity index (χ4n) is 2.32. The van der Waals surface area contributed by atoms with Crippen molar-refractivity contribution in [1.82, 2.24) is 0 Å². The molecule has 0 saturated carbocycles. The maximum Gasteiger partial charge on any atom is 0.318 e. The number of benzene rings is 2. The molecule has 0 atom stereocenters. The second-order valence-electron chi connectivity index (χ2n) is 4.49. The first-order valence-electron chi connectivity index (χ1n) is 6.55. The largest absolute Gasteiger partial charge is 0.490 e. The van der Waals surface area contributed by atoms with E-state index in [0.717, 1.165) is 9.80 Å². The molecule has 2 aromatic rings. The fourth-order valence-corrected chi connectivity index (χ4v) is 3.72. The number of rotatable bonds is 5. The lowest BCUT2D eigenvalue weighted by Gasteiger charge is -2.08. The highest BCUT2D eigenvalue weighted by Gasteiger charge is 2.20. The lowest BCUT2D eigenvalue weighted by Crippen LogP contribution is -1.95. The number of fused-ring (bicyclic) bond motifs is 1. The minimum Gasteiger partial charge on any atom is -0.490 e. The molecular weight excluding hydrogens is 332 g/mol. The average molecular weight is 346 g/mol. The van der Waals surface area contributed by atoms with E-state index in [1.165, 1.54) is 30.6 Å². The van der Waals surface area contributed by atoms with Crippen molar-refractivity contribution in [3.8, 4) is 11.8 Å². The smallest absolute Gasteiger partial charge is 0.318 e. The molecule has 0 bridgehead atoms. The fraction of sp³-hybridized carbons (Fsp3) is 0.188. The zero-order valence-corrected chi connectivity index (χ0v) is 14.5. The van der Waals surface area contributed by atoms with Gasteiger partial charge in [-0.15, -0.1) is 23.5 Å². The van der Waals surface area contributed by atoms with Crippen molar-refractivity contribution in [1.29, 1.82) is 5.26 Å². The summed E-state index contributed by atoms with van der Waals surface area (Å²) in [5, 5.41) is 22.0. The number of nitrogens with zero attached hydrogens (tertiary/aromatic N) is 2. The zero-order valence-electron chi connectivity index (χ0n) is 12.8. The molecule has 0 aliphatic heterocycles. The van der Waals surface area contributed by atoms with E-state index >= 15 is 0 Å². The zero-order chi connectivity index (χ0) is 17.0. The molecule has 0 N–H and O–H groups in total. The number of nitro groups is 1. The predicted octanol–water partition coefficient (Wildman–Crippen LogP) is 4.67. The second-order valence-corrected chi connectivity index (χ2v) is 6.38. The Morgan fingerprint density at radius 2 is 1.96 bits per heavy atom. The molecule has 0 aliphatic carbocycles. The van der Waals surface area contributed by atoms with Crippen molar-refractivity contribution in [2.45, 2.75) is 0 Å². The van der Waals surface area contributed by atoms with Crippen LogP contribution in [0.25, 0.3) is 16.3 Å². The van der Waals surface area contributed by atoms with Crippen LogP contribution < -0.4 is 4.74 Å². The third-order valence-corrected chi connectivity index (χ3v) is 5.48. The second kappa shape index (κ2) is 7.40. The highest BCUT2D eigenvalue weighted by molar-refractivity contribution is 8.21. The van der Waals surface area contributed by atoms with Crippen LogP contribution in [-0.2, 0) is 0 Å². The summed E-state index contributed by atoms with van der Waals surface area (Å²) in [5.41, 5.74) is 1.26. The van der Waals surface area contributed by atoms with Crippen molar-refractivity contribution in [3.63, 3.8) is 0 Å². The van der Waals surface area contributed by atoms with Crippen LogP contribution in [0.1, 0.15) is 5.56 Å². The molecule has 0 spiro atoms. The van der Waals surface area contributed by atoms with E-state index in [2.05, 4.69) is 6.07 Å². The summed E-state index contributed by atoms with van der Waals surface area (Å²) in [5.74, 6) is 0.222. The number of nitriles is 1. The molecule has 0 amide bonds. The van der Waals surface area contributed by atoms with E-state index in [4.69, 9.17) is 4.74 Å². The summed E-state index contributed by atoms with van der Waals surface area (Å²) in [7, 11) is 1.41. The standard InChI is InChI=1S/C16H14N2O3S2/c1-21-14-7-5-10-8-11(13(9-17)16(22-2)23-3)4-6-12(10)15(14)18(19)20/h4-8H,1-3H3. The van der Waals surface area contributed by atoms with E-state index in [-0.39, 0.29) is 11.4 Å². The molecule has 23 heavy (non-hydrogen) atoms. The first-order chi connectivity index (χ1) is 11.1. The molecule has 118 valence electrons. The molecule has 0 heterocycles. The summed E-state index contributed by atoms with van der Waals surface area (Å²) in [6.45, 7) is 0. The summed E-state index contributed by atoms with van der Waals surface area (Å²) in [4.78, 5) is 10.9. The molecule has 2 rings (SSSR count). The van der Waals surface area contributed by atoms with Crippen molar-refractivity contribution in [2.75, 3.05) is 19.6 Å². The Hall–Kier alpha value is -2.17. The topological polar surface area (TPSA) is 76.2 Å². The van der Waals surface area contributed by atoms with Crippen LogP contribution in [0.15, 0.2) is 34.6 Å². The number of methoxy groups -OCH3 is 1. The van der Waals surface area contributed by atoms with Gasteiger partial charge >= 0.3 is 5.69 Å². The molecule has 7 heteroatoms. The molecule has 5 nitrogen and oxygen atoms in total. The molecule has 0 aromatic heterocycles. The lowest BCUT2D eigenvalue weighted by molar-refractivity contribution is -0.383. The normalized spacial score (nSPS) is 10.2. The monoisotopic (exact) mass is 346 g/mol. The van der Waals surface area contributed by atoms with E-state index in [1.54, 1.807) is 30.3 Å². The molecular formula is C16H14N2O3S2. The highest BCUT2D eigenvalue weighted by Crippen LogP contribution is 2.38. The van der Waals surface area contributed by atoms with Crippen molar-refractivity contribution in [3.05, 3.63) is 50.2 Å². The Kier molecular flexibility index (Phi) is 5.53. The number of thioether (sulfide) groups is 2. The van der Waals surface area contributed by atoms with Gasteiger partial charge < -0.3 is 4.74 Å².